The number of aromatic nitrogens is 1. The van der Waals surface area contributed by atoms with E-state index in [2.05, 4.69) is 9.88 Å². The Hall–Kier alpha value is -2.96. The lowest BCUT2D eigenvalue weighted by molar-refractivity contribution is -0.133. The van der Waals surface area contributed by atoms with Gasteiger partial charge in [-0.25, -0.2) is 4.98 Å². The molecule has 7 heteroatoms. The Bertz CT molecular complexity index is 709. The predicted octanol–water partition coefficient (Wildman–Crippen LogP) is 1.83. The van der Waals surface area contributed by atoms with E-state index in [9.17, 15) is 4.79 Å². The highest BCUT2D eigenvalue weighted by Gasteiger charge is 2.22. The molecule has 1 amide bonds. The molecule has 0 atom stereocenters. The van der Waals surface area contributed by atoms with E-state index in [4.69, 9.17) is 14.2 Å². The molecule has 138 valence electrons. The summed E-state index contributed by atoms with van der Waals surface area (Å²) in [5.41, 5.74) is 0. The fourth-order valence-corrected chi connectivity index (χ4v) is 2.83. The van der Waals surface area contributed by atoms with Crippen LogP contribution in [0.2, 0.25) is 0 Å². The van der Waals surface area contributed by atoms with E-state index in [0.717, 1.165) is 18.9 Å². The molecular weight excluding hydrogens is 334 g/mol. The van der Waals surface area contributed by atoms with Gasteiger partial charge in [-0.2, -0.15) is 0 Å². The summed E-state index contributed by atoms with van der Waals surface area (Å²) in [6, 6.07) is 11.1. The summed E-state index contributed by atoms with van der Waals surface area (Å²) >= 11 is 0. The van der Waals surface area contributed by atoms with Gasteiger partial charge in [0.2, 0.25) is 0 Å². The second kappa shape index (κ2) is 8.42. The standard InChI is InChI=1S/C19H23N3O4/c1-24-15-11-16(25-2)13-17(12-15)26-14-19(23)22-9-7-21(8-10-22)18-5-3-4-6-20-18/h3-6,11-13H,7-10,14H2,1-2H3. The van der Waals surface area contributed by atoms with Crippen LogP contribution in [-0.4, -0.2) is 62.8 Å². The van der Waals surface area contributed by atoms with E-state index in [1.165, 1.54) is 0 Å². The topological polar surface area (TPSA) is 64.1 Å². The van der Waals surface area contributed by atoms with Gasteiger partial charge >= 0.3 is 0 Å². The van der Waals surface area contributed by atoms with Crippen molar-refractivity contribution < 1.29 is 19.0 Å². The van der Waals surface area contributed by atoms with Gasteiger partial charge in [0.05, 0.1) is 14.2 Å². The van der Waals surface area contributed by atoms with Gasteiger partial charge in [0, 0.05) is 50.6 Å². The Morgan fingerprint density at radius 1 is 1.00 bits per heavy atom. The maximum Gasteiger partial charge on any atom is 0.260 e. The summed E-state index contributed by atoms with van der Waals surface area (Å²) in [6.07, 6.45) is 1.78. The number of benzene rings is 1. The summed E-state index contributed by atoms with van der Waals surface area (Å²) in [5, 5.41) is 0. The van der Waals surface area contributed by atoms with Crippen molar-refractivity contribution in [3.63, 3.8) is 0 Å². The van der Waals surface area contributed by atoms with Crippen molar-refractivity contribution in [1.29, 1.82) is 0 Å². The number of hydrogen-bond donors (Lipinski definition) is 0. The molecule has 0 aliphatic carbocycles. The van der Waals surface area contributed by atoms with E-state index < -0.39 is 0 Å². The van der Waals surface area contributed by atoms with Crippen LogP contribution in [0.15, 0.2) is 42.6 Å². The SMILES string of the molecule is COc1cc(OC)cc(OCC(=O)N2CCN(c3ccccn3)CC2)c1. The summed E-state index contributed by atoms with van der Waals surface area (Å²) < 4.78 is 16.1. The molecule has 0 saturated carbocycles. The zero-order valence-electron chi connectivity index (χ0n) is 15.1. The van der Waals surface area contributed by atoms with E-state index in [1.54, 1.807) is 38.6 Å². The van der Waals surface area contributed by atoms with Crippen LogP contribution in [0.25, 0.3) is 0 Å². The molecule has 0 spiro atoms. The lowest BCUT2D eigenvalue weighted by Crippen LogP contribution is -2.50. The Labute approximate surface area is 153 Å². The second-order valence-corrected chi connectivity index (χ2v) is 5.89. The number of anilines is 1. The highest BCUT2D eigenvalue weighted by atomic mass is 16.5. The number of piperazine rings is 1. The van der Waals surface area contributed by atoms with E-state index >= 15 is 0 Å². The minimum Gasteiger partial charge on any atom is -0.496 e. The maximum absolute atomic E-state index is 12.4. The van der Waals surface area contributed by atoms with Crippen molar-refractivity contribution in [3.8, 4) is 17.2 Å². The van der Waals surface area contributed by atoms with Crippen molar-refractivity contribution in [2.75, 3.05) is 51.9 Å². The van der Waals surface area contributed by atoms with Crippen molar-refractivity contribution >= 4 is 11.7 Å². The molecule has 0 bridgehead atoms. The number of nitrogens with zero attached hydrogens (tertiary/aromatic N) is 3. The zero-order chi connectivity index (χ0) is 18.4. The Morgan fingerprint density at radius 3 is 2.23 bits per heavy atom. The molecule has 1 aromatic carbocycles. The zero-order valence-corrected chi connectivity index (χ0v) is 15.1. The van der Waals surface area contributed by atoms with E-state index in [1.807, 2.05) is 23.1 Å². The van der Waals surface area contributed by atoms with Crippen LogP contribution in [-0.2, 0) is 4.79 Å². The molecule has 1 fully saturated rings. The van der Waals surface area contributed by atoms with Crippen LogP contribution < -0.4 is 19.1 Å². The molecule has 2 aromatic rings. The van der Waals surface area contributed by atoms with Gasteiger partial charge in [-0.05, 0) is 12.1 Å². The summed E-state index contributed by atoms with van der Waals surface area (Å²) in [4.78, 5) is 20.8. The van der Waals surface area contributed by atoms with Gasteiger partial charge in [-0.15, -0.1) is 0 Å². The lowest BCUT2D eigenvalue weighted by Gasteiger charge is -2.35. The molecule has 2 heterocycles. The largest absolute Gasteiger partial charge is 0.496 e. The highest BCUT2D eigenvalue weighted by molar-refractivity contribution is 5.78. The molecule has 0 N–H and O–H groups in total. The number of ether oxygens (including phenoxy) is 3. The molecule has 1 aliphatic rings. The fourth-order valence-electron chi connectivity index (χ4n) is 2.83. The third kappa shape index (κ3) is 4.36. The van der Waals surface area contributed by atoms with Crippen molar-refractivity contribution in [2.24, 2.45) is 0 Å². The highest BCUT2D eigenvalue weighted by Crippen LogP contribution is 2.27. The quantitative estimate of drug-likeness (QED) is 0.786. The number of pyridine rings is 1. The third-order valence-electron chi connectivity index (χ3n) is 4.29. The van der Waals surface area contributed by atoms with Crippen LogP contribution in [0.5, 0.6) is 17.2 Å². The average Bonchev–Trinajstić information content (AvgIpc) is 2.72. The van der Waals surface area contributed by atoms with Crippen LogP contribution in [0, 0.1) is 0 Å². The minimum absolute atomic E-state index is 0.0140. The molecule has 3 rings (SSSR count). The third-order valence-corrected chi connectivity index (χ3v) is 4.29. The first-order valence-electron chi connectivity index (χ1n) is 8.49. The molecule has 26 heavy (non-hydrogen) atoms. The molecular formula is C19H23N3O4. The van der Waals surface area contributed by atoms with Crippen LogP contribution in [0.3, 0.4) is 0 Å². The number of hydrogen-bond acceptors (Lipinski definition) is 6. The van der Waals surface area contributed by atoms with E-state index in [-0.39, 0.29) is 12.5 Å². The molecule has 0 radical (unpaired) electrons. The van der Waals surface area contributed by atoms with Crippen molar-refractivity contribution in [2.45, 2.75) is 0 Å². The Kier molecular flexibility index (Phi) is 5.78. The van der Waals surface area contributed by atoms with Crippen LogP contribution in [0.4, 0.5) is 5.82 Å². The van der Waals surface area contributed by atoms with Crippen molar-refractivity contribution in [3.05, 3.63) is 42.6 Å². The summed E-state index contributed by atoms with van der Waals surface area (Å²) in [5.74, 6) is 2.69. The summed E-state index contributed by atoms with van der Waals surface area (Å²) in [6.45, 7) is 2.81. The molecule has 0 unspecified atom stereocenters. The number of methoxy groups -OCH3 is 2. The normalized spacial score (nSPS) is 14.1. The van der Waals surface area contributed by atoms with E-state index in [0.29, 0.717) is 30.3 Å². The number of carbonyl (C=O) groups excluding carboxylic acids is 1. The van der Waals surface area contributed by atoms with Crippen LogP contribution >= 0.6 is 0 Å². The first-order chi connectivity index (χ1) is 12.7. The monoisotopic (exact) mass is 357 g/mol. The molecule has 1 saturated heterocycles. The van der Waals surface area contributed by atoms with Crippen LogP contribution in [0.1, 0.15) is 0 Å². The Balaban J connectivity index is 1.52. The number of carbonyl (C=O) groups is 1. The number of rotatable bonds is 6. The smallest absolute Gasteiger partial charge is 0.260 e. The first kappa shape index (κ1) is 17.8. The average molecular weight is 357 g/mol. The second-order valence-electron chi connectivity index (χ2n) is 5.89. The molecule has 7 nitrogen and oxygen atoms in total. The van der Waals surface area contributed by atoms with Gasteiger partial charge in [0.25, 0.3) is 5.91 Å². The number of amides is 1. The van der Waals surface area contributed by atoms with Gasteiger partial charge in [0.1, 0.15) is 23.1 Å². The van der Waals surface area contributed by atoms with Crippen molar-refractivity contribution in [1.82, 2.24) is 9.88 Å². The Morgan fingerprint density at radius 2 is 1.65 bits per heavy atom. The predicted molar refractivity (Wildman–Crippen MR) is 98.1 cm³/mol. The van der Waals surface area contributed by atoms with Gasteiger partial charge < -0.3 is 24.0 Å². The minimum atomic E-state index is -0.0348. The lowest BCUT2D eigenvalue weighted by atomic mass is 10.3. The van der Waals surface area contributed by atoms with Gasteiger partial charge in [-0.3, -0.25) is 4.79 Å². The maximum atomic E-state index is 12.4. The van der Waals surface area contributed by atoms with Gasteiger partial charge in [-0.1, -0.05) is 6.07 Å². The van der Waals surface area contributed by atoms with Gasteiger partial charge in [0.15, 0.2) is 6.61 Å². The molecule has 1 aromatic heterocycles. The summed E-state index contributed by atoms with van der Waals surface area (Å²) in [7, 11) is 3.15. The first-order valence-corrected chi connectivity index (χ1v) is 8.49. The molecule has 1 aliphatic heterocycles. The fraction of sp³-hybridized carbons (Fsp3) is 0.368.